The van der Waals surface area contributed by atoms with E-state index in [4.69, 9.17) is 4.98 Å². The van der Waals surface area contributed by atoms with Crippen molar-refractivity contribution in [3.05, 3.63) is 109 Å². The summed E-state index contributed by atoms with van der Waals surface area (Å²) in [5.41, 5.74) is 4.44. The molecule has 0 aliphatic carbocycles. The van der Waals surface area contributed by atoms with Gasteiger partial charge in [0.2, 0.25) is 0 Å². The third-order valence-electron chi connectivity index (χ3n) is 9.00. The van der Waals surface area contributed by atoms with Crippen LogP contribution in [0.15, 0.2) is 103 Å². The van der Waals surface area contributed by atoms with Crippen molar-refractivity contribution in [2.45, 2.75) is 53.4 Å². The van der Waals surface area contributed by atoms with Crippen molar-refractivity contribution in [3.63, 3.8) is 0 Å². The van der Waals surface area contributed by atoms with Crippen LogP contribution in [0.2, 0.25) is 0 Å². The monoisotopic (exact) mass is 804 g/mol. The van der Waals surface area contributed by atoms with E-state index in [1.165, 1.54) is 37.2 Å². The summed E-state index contributed by atoms with van der Waals surface area (Å²) in [4.78, 5) is 16.7. The van der Waals surface area contributed by atoms with Gasteiger partial charge >= 0.3 is 0 Å². The van der Waals surface area contributed by atoms with Gasteiger partial charge in [-0.05, 0) is 65.4 Å². The van der Waals surface area contributed by atoms with Gasteiger partial charge < -0.3 is 14.7 Å². The summed E-state index contributed by atoms with van der Waals surface area (Å²) in [5, 5.41) is 15.7. The maximum absolute atomic E-state index is 11.7. The van der Waals surface area contributed by atoms with Gasteiger partial charge in [-0.1, -0.05) is 81.6 Å². The van der Waals surface area contributed by atoms with E-state index in [1.807, 2.05) is 51.3 Å². The molecule has 1 N–H and O–H groups in total. The second-order valence-corrected chi connectivity index (χ2v) is 12.6. The summed E-state index contributed by atoms with van der Waals surface area (Å²) in [6.07, 6.45) is 6.90. The molecule has 7 aromatic rings. The van der Waals surface area contributed by atoms with E-state index in [0.29, 0.717) is 0 Å². The van der Waals surface area contributed by atoms with Crippen molar-refractivity contribution in [2.24, 2.45) is 11.8 Å². The molecule has 4 aromatic carbocycles. The maximum atomic E-state index is 11.7. The molecule has 0 fully saturated rings. The number of aliphatic hydroxyl groups excluding tert-OH is 1. The van der Waals surface area contributed by atoms with Gasteiger partial charge in [0, 0.05) is 76.5 Å². The number of allylic oxidation sites excluding steroid dienone is 2. The van der Waals surface area contributed by atoms with Crippen LogP contribution in [0.25, 0.3) is 58.6 Å². The number of aliphatic hydroxyl groups is 1. The fraction of sp³-hybridized carbons (Fsp3) is 0.250. The number of aromatic nitrogens is 2. The maximum Gasteiger partial charge on any atom is 0.162 e. The number of thiophene rings is 1. The molecular weight excluding hydrogens is 765 g/mol. The third-order valence-corrected chi connectivity index (χ3v) is 10.1. The van der Waals surface area contributed by atoms with Crippen molar-refractivity contribution >= 4 is 70.0 Å². The standard InChI is InChI=1S/C27H15N2S.C13H24O2.Ir/c1-2-9-18(10-3-1)29-21-13-7-15-23-25(21)24-20(12-6-14-22(24)30-23)26-27(29)19-11-5-4-8-17(19)16-28-26;1-5-10(6-2)12(14)9-13(15)11(7-3)8-4;/h1-11,13-16H;9-11,14H,5-8H2,1-4H3;/q-1;;/b;12-9-;. The summed E-state index contributed by atoms with van der Waals surface area (Å²) >= 11 is 1.84. The number of hydrogen-bond donors (Lipinski definition) is 1. The molecule has 0 atom stereocenters. The molecule has 0 aliphatic heterocycles. The molecule has 0 bridgehead atoms. The van der Waals surface area contributed by atoms with Crippen LogP contribution in [0, 0.1) is 17.9 Å². The zero-order chi connectivity index (χ0) is 31.5. The quantitative estimate of drug-likeness (QED) is 0.0946. The van der Waals surface area contributed by atoms with Crippen molar-refractivity contribution in [1.29, 1.82) is 0 Å². The minimum absolute atomic E-state index is 0. The molecule has 0 saturated heterocycles. The van der Waals surface area contributed by atoms with E-state index in [2.05, 4.69) is 89.5 Å². The Bertz CT molecular complexity index is 2150. The number of rotatable bonds is 8. The molecule has 3 aromatic heterocycles. The minimum atomic E-state index is 0. The Morgan fingerprint density at radius 1 is 0.848 bits per heavy atom. The molecule has 7 rings (SSSR count). The average molecular weight is 804 g/mol. The second kappa shape index (κ2) is 14.7. The van der Waals surface area contributed by atoms with E-state index in [0.717, 1.165) is 53.2 Å². The number of fused-ring (bicyclic) bond motifs is 4. The third kappa shape index (κ3) is 6.14. The second-order valence-electron chi connectivity index (χ2n) is 11.6. The van der Waals surface area contributed by atoms with Crippen LogP contribution in [-0.4, -0.2) is 20.4 Å². The van der Waals surface area contributed by atoms with Crippen LogP contribution in [0.5, 0.6) is 0 Å². The average Bonchev–Trinajstić information content (AvgIpc) is 3.40. The predicted octanol–water partition coefficient (Wildman–Crippen LogP) is 11.4. The molecule has 1 radical (unpaired) electrons. The van der Waals surface area contributed by atoms with Crippen molar-refractivity contribution in [1.82, 2.24) is 9.55 Å². The molecule has 0 aliphatic rings. The summed E-state index contributed by atoms with van der Waals surface area (Å²) in [7, 11) is 0. The molecule has 6 heteroatoms. The van der Waals surface area contributed by atoms with Gasteiger partial charge in [-0.25, -0.2) is 0 Å². The number of carbonyl (C=O) groups excluding carboxylic acids is 1. The first-order valence-electron chi connectivity index (χ1n) is 16.0. The van der Waals surface area contributed by atoms with Crippen molar-refractivity contribution in [2.75, 3.05) is 0 Å². The van der Waals surface area contributed by atoms with Gasteiger partial charge in [0.15, 0.2) is 5.78 Å². The Morgan fingerprint density at radius 3 is 2.24 bits per heavy atom. The first-order valence-corrected chi connectivity index (χ1v) is 16.9. The van der Waals surface area contributed by atoms with Crippen LogP contribution >= 0.6 is 11.3 Å². The predicted molar refractivity (Wildman–Crippen MR) is 192 cm³/mol. The van der Waals surface area contributed by atoms with Crippen LogP contribution in [0.3, 0.4) is 0 Å². The van der Waals surface area contributed by atoms with E-state index < -0.39 is 0 Å². The number of hydrogen-bond acceptors (Lipinski definition) is 4. The van der Waals surface area contributed by atoms with Gasteiger partial charge in [0.1, 0.15) is 0 Å². The molecular formula is C40H39IrN2O2S-. The number of ketones is 1. The molecule has 237 valence electrons. The molecule has 46 heavy (non-hydrogen) atoms. The van der Waals surface area contributed by atoms with Crippen LogP contribution in [0.4, 0.5) is 0 Å². The molecule has 0 saturated carbocycles. The fourth-order valence-corrected chi connectivity index (χ4v) is 7.60. The van der Waals surface area contributed by atoms with E-state index in [9.17, 15) is 9.90 Å². The number of benzene rings is 4. The van der Waals surface area contributed by atoms with Crippen molar-refractivity contribution < 1.29 is 30.0 Å². The zero-order valence-corrected chi connectivity index (χ0v) is 29.9. The first kappa shape index (κ1) is 33.5. The Morgan fingerprint density at radius 2 is 1.52 bits per heavy atom. The van der Waals surface area contributed by atoms with Gasteiger partial charge in [0.25, 0.3) is 0 Å². The van der Waals surface area contributed by atoms with Gasteiger partial charge in [0.05, 0.1) is 5.76 Å². The van der Waals surface area contributed by atoms with E-state index in [-0.39, 0.29) is 43.5 Å². The molecule has 0 unspecified atom stereocenters. The van der Waals surface area contributed by atoms with Gasteiger partial charge in [-0.2, -0.15) is 11.3 Å². The molecule has 0 spiro atoms. The summed E-state index contributed by atoms with van der Waals surface area (Å²) in [6, 6.07) is 33.5. The van der Waals surface area contributed by atoms with Gasteiger partial charge in [-0.3, -0.25) is 4.79 Å². The number of nitrogens with zero attached hydrogens (tertiary/aromatic N) is 2. The van der Waals surface area contributed by atoms with E-state index >= 15 is 0 Å². The zero-order valence-electron chi connectivity index (χ0n) is 26.7. The minimum Gasteiger partial charge on any atom is -0.512 e. The first-order chi connectivity index (χ1) is 22.0. The van der Waals surface area contributed by atoms with Gasteiger partial charge in [-0.15, -0.1) is 23.6 Å². The summed E-state index contributed by atoms with van der Waals surface area (Å²) in [5.74, 6) is 0.547. The van der Waals surface area contributed by atoms with Crippen LogP contribution < -0.4 is 0 Å². The number of carbonyl (C=O) groups is 1. The Kier molecular flexibility index (Phi) is 10.7. The molecule has 4 nitrogen and oxygen atoms in total. The summed E-state index contributed by atoms with van der Waals surface area (Å²) in [6.45, 7) is 8.07. The smallest absolute Gasteiger partial charge is 0.162 e. The largest absolute Gasteiger partial charge is 0.512 e. The van der Waals surface area contributed by atoms with E-state index in [1.54, 1.807) is 0 Å². The Balaban J connectivity index is 0.000000225. The van der Waals surface area contributed by atoms with Crippen molar-refractivity contribution in [3.8, 4) is 5.69 Å². The Hall–Kier alpha value is -3.83. The normalized spacial score (nSPS) is 11.9. The SMILES string of the molecule is CCC(CC)C(=O)/C=C(\O)C(CC)CC.[Ir].[c-]1ccc2sc3cccc4c3c2c1c1ncc2ccccc2c1n4-c1ccccc1. The van der Waals surface area contributed by atoms with Crippen LogP contribution in [0.1, 0.15) is 53.4 Å². The topological polar surface area (TPSA) is 55.1 Å². The molecule has 3 heterocycles. The summed E-state index contributed by atoms with van der Waals surface area (Å²) < 4.78 is 4.95. The Labute approximate surface area is 288 Å². The number of para-hydroxylation sites is 1. The van der Waals surface area contributed by atoms with Crippen LogP contribution in [-0.2, 0) is 24.9 Å². The fourth-order valence-electron chi connectivity index (χ4n) is 6.46. The number of pyridine rings is 1. The molecule has 0 amide bonds.